The van der Waals surface area contributed by atoms with Gasteiger partial charge in [-0.25, -0.2) is 9.97 Å². The summed E-state index contributed by atoms with van der Waals surface area (Å²) in [5.74, 6) is 0.518. The molecule has 0 aliphatic carbocycles. The van der Waals surface area contributed by atoms with Gasteiger partial charge in [-0.15, -0.1) is 0 Å². The molecule has 6 heteroatoms. The minimum absolute atomic E-state index is 0.140. The molecule has 0 amide bonds. The van der Waals surface area contributed by atoms with Gasteiger partial charge in [0.2, 0.25) is 11.8 Å². The van der Waals surface area contributed by atoms with Gasteiger partial charge in [0, 0.05) is 12.4 Å². The predicted molar refractivity (Wildman–Crippen MR) is 50.7 cm³/mol. The summed E-state index contributed by atoms with van der Waals surface area (Å²) in [6, 6.07) is 0. The molecule has 0 bridgehead atoms. The molecule has 0 spiro atoms. The summed E-state index contributed by atoms with van der Waals surface area (Å²) in [4.78, 5) is 15.9. The zero-order valence-electron chi connectivity index (χ0n) is 7.64. The Labute approximate surface area is 80.2 Å². The monoisotopic (exact) mass is 191 g/mol. The van der Waals surface area contributed by atoms with Crippen LogP contribution in [0.4, 0.5) is 5.95 Å². The highest BCUT2D eigenvalue weighted by Crippen LogP contribution is 2.18. The van der Waals surface area contributed by atoms with E-state index in [-0.39, 0.29) is 5.95 Å². The first-order valence-corrected chi connectivity index (χ1v) is 4.18. The van der Waals surface area contributed by atoms with E-state index < -0.39 is 0 Å². The van der Waals surface area contributed by atoms with Crippen LogP contribution in [0.5, 0.6) is 5.88 Å². The van der Waals surface area contributed by atoms with Gasteiger partial charge in [-0.1, -0.05) is 0 Å². The van der Waals surface area contributed by atoms with Crippen LogP contribution >= 0.6 is 0 Å². The van der Waals surface area contributed by atoms with Crippen LogP contribution in [0, 0.1) is 0 Å². The molecule has 2 heterocycles. The van der Waals surface area contributed by atoms with Crippen molar-refractivity contribution in [1.82, 2.24) is 19.9 Å². The van der Waals surface area contributed by atoms with Crippen molar-refractivity contribution in [2.24, 2.45) is 0 Å². The fraction of sp³-hybridized carbons (Fsp3) is 0.250. The van der Waals surface area contributed by atoms with E-state index in [0.717, 1.165) is 0 Å². The molecule has 0 atom stereocenters. The number of nitrogen functional groups attached to an aromatic ring is 1. The third-order valence-electron chi connectivity index (χ3n) is 1.60. The average Bonchev–Trinajstić information content (AvgIpc) is 2.18. The summed E-state index contributed by atoms with van der Waals surface area (Å²) in [7, 11) is 0. The molecule has 0 aliphatic rings. The Hall–Kier alpha value is -1.98. The highest BCUT2D eigenvalue weighted by atomic mass is 16.5. The number of hydrogen-bond donors (Lipinski definition) is 1. The van der Waals surface area contributed by atoms with Crippen molar-refractivity contribution in [3.05, 3.63) is 12.4 Å². The highest BCUT2D eigenvalue weighted by Gasteiger charge is 2.08. The van der Waals surface area contributed by atoms with Gasteiger partial charge in [0.05, 0.1) is 6.61 Å². The molecular formula is C8H9N5O. The third-order valence-corrected chi connectivity index (χ3v) is 1.60. The van der Waals surface area contributed by atoms with Gasteiger partial charge in [-0.05, 0) is 6.92 Å². The van der Waals surface area contributed by atoms with Gasteiger partial charge < -0.3 is 10.5 Å². The minimum Gasteiger partial charge on any atom is -0.476 e. The molecule has 6 nitrogen and oxygen atoms in total. The molecule has 2 aromatic rings. The van der Waals surface area contributed by atoms with Crippen molar-refractivity contribution >= 4 is 17.1 Å². The predicted octanol–water partition coefficient (Wildman–Crippen LogP) is 0.401. The van der Waals surface area contributed by atoms with Crippen molar-refractivity contribution in [2.45, 2.75) is 6.92 Å². The summed E-state index contributed by atoms with van der Waals surface area (Å²) >= 11 is 0. The van der Waals surface area contributed by atoms with Gasteiger partial charge >= 0.3 is 0 Å². The molecule has 0 fully saturated rings. The smallest absolute Gasteiger partial charge is 0.247 e. The van der Waals surface area contributed by atoms with Crippen molar-refractivity contribution in [1.29, 1.82) is 0 Å². The van der Waals surface area contributed by atoms with Gasteiger partial charge in [0.25, 0.3) is 0 Å². The molecular weight excluding hydrogens is 182 g/mol. The first kappa shape index (κ1) is 8.61. The molecule has 2 rings (SSSR count). The van der Waals surface area contributed by atoms with E-state index in [2.05, 4.69) is 19.9 Å². The second-order valence-electron chi connectivity index (χ2n) is 2.55. The fourth-order valence-electron chi connectivity index (χ4n) is 1.09. The van der Waals surface area contributed by atoms with E-state index in [9.17, 15) is 0 Å². The Kier molecular flexibility index (Phi) is 2.10. The quantitative estimate of drug-likeness (QED) is 0.739. The van der Waals surface area contributed by atoms with Crippen molar-refractivity contribution < 1.29 is 4.74 Å². The van der Waals surface area contributed by atoms with Gasteiger partial charge in [0.1, 0.15) is 0 Å². The maximum absolute atomic E-state index is 5.48. The number of hydrogen-bond acceptors (Lipinski definition) is 6. The second-order valence-corrected chi connectivity index (χ2v) is 2.55. The maximum Gasteiger partial charge on any atom is 0.247 e. The lowest BCUT2D eigenvalue weighted by Crippen LogP contribution is -2.03. The van der Waals surface area contributed by atoms with E-state index in [1.54, 1.807) is 12.4 Å². The average molecular weight is 191 g/mol. The SMILES string of the molecule is CCOc1nc(N)nc2nccnc12. The lowest BCUT2D eigenvalue weighted by molar-refractivity contribution is 0.330. The first-order chi connectivity index (χ1) is 6.81. The topological polar surface area (TPSA) is 86.8 Å². The first-order valence-electron chi connectivity index (χ1n) is 4.18. The van der Waals surface area contributed by atoms with E-state index in [0.29, 0.717) is 23.7 Å². The van der Waals surface area contributed by atoms with Crippen LogP contribution in [-0.4, -0.2) is 26.5 Å². The molecule has 0 saturated heterocycles. The Morgan fingerprint density at radius 1 is 1.29 bits per heavy atom. The van der Waals surface area contributed by atoms with E-state index in [1.165, 1.54) is 0 Å². The largest absolute Gasteiger partial charge is 0.476 e. The van der Waals surface area contributed by atoms with Crippen LogP contribution in [0.25, 0.3) is 11.2 Å². The molecule has 72 valence electrons. The van der Waals surface area contributed by atoms with Crippen molar-refractivity contribution in [3.63, 3.8) is 0 Å². The normalized spacial score (nSPS) is 10.4. The summed E-state index contributed by atoms with van der Waals surface area (Å²) in [6.07, 6.45) is 3.11. The van der Waals surface area contributed by atoms with Crippen LogP contribution in [0.3, 0.4) is 0 Å². The van der Waals surface area contributed by atoms with Crippen LogP contribution < -0.4 is 10.5 Å². The van der Waals surface area contributed by atoms with Crippen molar-refractivity contribution in [2.75, 3.05) is 12.3 Å². The Morgan fingerprint density at radius 2 is 2.07 bits per heavy atom. The number of fused-ring (bicyclic) bond motifs is 1. The molecule has 0 radical (unpaired) electrons. The summed E-state index contributed by atoms with van der Waals surface area (Å²) < 4.78 is 5.27. The maximum atomic E-state index is 5.48. The lowest BCUT2D eigenvalue weighted by atomic mass is 10.5. The Bertz CT molecular complexity index is 458. The second kappa shape index (κ2) is 3.41. The number of rotatable bonds is 2. The number of nitrogens with two attached hydrogens (primary N) is 1. The standard InChI is InChI=1S/C8H9N5O/c1-2-14-7-5-6(11-4-3-10-5)12-8(9)13-7/h3-4H,2H2,1H3,(H2,9,11,12,13). The van der Waals surface area contributed by atoms with Gasteiger partial charge in [-0.3, -0.25) is 0 Å². The molecule has 0 aromatic carbocycles. The fourth-order valence-corrected chi connectivity index (χ4v) is 1.09. The highest BCUT2D eigenvalue weighted by molar-refractivity contribution is 5.75. The van der Waals surface area contributed by atoms with Crippen LogP contribution in [-0.2, 0) is 0 Å². The van der Waals surface area contributed by atoms with Crippen LogP contribution in [0.2, 0.25) is 0 Å². The number of anilines is 1. The zero-order valence-corrected chi connectivity index (χ0v) is 7.64. The summed E-state index contributed by atoms with van der Waals surface area (Å²) in [6.45, 7) is 2.36. The molecule has 14 heavy (non-hydrogen) atoms. The van der Waals surface area contributed by atoms with Crippen LogP contribution in [0.15, 0.2) is 12.4 Å². The summed E-state index contributed by atoms with van der Waals surface area (Å²) in [5, 5.41) is 0. The van der Waals surface area contributed by atoms with Gasteiger partial charge in [0.15, 0.2) is 11.2 Å². The minimum atomic E-state index is 0.140. The van der Waals surface area contributed by atoms with E-state index >= 15 is 0 Å². The lowest BCUT2D eigenvalue weighted by Gasteiger charge is -2.04. The number of nitrogens with zero attached hydrogens (tertiary/aromatic N) is 4. The molecule has 0 unspecified atom stereocenters. The summed E-state index contributed by atoms with van der Waals surface area (Å²) in [5.41, 5.74) is 6.46. The number of ether oxygens (including phenoxy) is 1. The Morgan fingerprint density at radius 3 is 2.86 bits per heavy atom. The van der Waals surface area contributed by atoms with Crippen molar-refractivity contribution in [3.8, 4) is 5.88 Å². The zero-order chi connectivity index (χ0) is 9.97. The molecule has 2 N–H and O–H groups in total. The van der Waals surface area contributed by atoms with Crippen LogP contribution in [0.1, 0.15) is 6.92 Å². The molecule has 2 aromatic heterocycles. The molecule has 0 aliphatic heterocycles. The Balaban J connectivity index is 2.67. The number of aromatic nitrogens is 4. The van der Waals surface area contributed by atoms with E-state index in [4.69, 9.17) is 10.5 Å². The van der Waals surface area contributed by atoms with E-state index in [1.807, 2.05) is 6.92 Å². The molecule has 0 saturated carbocycles. The van der Waals surface area contributed by atoms with Gasteiger partial charge in [-0.2, -0.15) is 9.97 Å². The third kappa shape index (κ3) is 1.41.